The van der Waals surface area contributed by atoms with Gasteiger partial charge in [-0.05, 0) is 42.3 Å². The van der Waals surface area contributed by atoms with E-state index in [0.29, 0.717) is 0 Å². The van der Waals surface area contributed by atoms with E-state index in [4.69, 9.17) is 0 Å². The van der Waals surface area contributed by atoms with E-state index in [1.165, 1.54) is 38.5 Å². The van der Waals surface area contributed by atoms with E-state index in [1.807, 2.05) is 6.07 Å². The molecule has 4 rings (SSSR count). The van der Waals surface area contributed by atoms with Gasteiger partial charge in [0, 0.05) is 28.9 Å². The van der Waals surface area contributed by atoms with Gasteiger partial charge >= 0.3 is 0 Å². The topological polar surface area (TPSA) is 4.93 Å². The van der Waals surface area contributed by atoms with E-state index < -0.39 is 0 Å². The molecule has 0 amide bonds. The second-order valence-electron chi connectivity index (χ2n) is 6.10. The summed E-state index contributed by atoms with van der Waals surface area (Å²) in [6.07, 6.45) is 4.35. The highest BCUT2D eigenvalue weighted by molar-refractivity contribution is 6.08. The molecule has 0 fully saturated rings. The standard InChI is InChI=1S/C22H19N/c1-16-8-12-21-19(14-16)20-15-18(11-13-22(20)23(21)2)10-9-17-6-4-3-5-7-17/h3-15H,1-2H3. The lowest BCUT2D eigenvalue weighted by molar-refractivity contribution is 1.01. The third-order valence-corrected chi connectivity index (χ3v) is 4.45. The molecular formula is C22H19N. The SMILES string of the molecule is Cc1ccc2c(c1)c1cc(C=Cc3ccccc3)ccc1n2C. The van der Waals surface area contributed by atoms with Crippen molar-refractivity contribution < 1.29 is 0 Å². The van der Waals surface area contributed by atoms with Crippen molar-refractivity contribution in [2.24, 2.45) is 7.05 Å². The highest BCUT2D eigenvalue weighted by Crippen LogP contribution is 2.30. The Bertz CT molecular complexity index is 1020. The normalized spacial score (nSPS) is 11.7. The van der Waals surface area contributed by atoms with Gasteiger partial charge in [0.25, 0.3) is 0 Å². The second-order valence-corrected chi connectivity index (χ2v) is 6.10. The molecule has 0 spiro atoms. The number of hydrogen-bond acceptors (Lipinski definition) is 0. The van der Waals surface area contributed by atoms with Gasteiger partial charge < -0.3 is 4.57 Å². The number of hydrogen-bond donors (Lipinski definition) is 0. The molecule has 1 heteroatoms. The van der Waals surface area contributed by atoms with E-state index in [9.17, 15) is 0 Å². The van der Waals surface area contributed by atoms with Crippen molar-refractivity contribution in [3.63, 3.8) is 0 Å². The highest BCUT2D eigenvalue weighted by Gasteiger charge is 2.08. The van der Waals surface area contributed by atoms with Crippen LogP contribution in [0, 0.1) is 6.92 Å². The number of rotatable bonds is 2. The maximum absolute atomic E-state index is 2.29. The Morgan fingerprint density at radius 2 is 1.35 bits per heavy atom. The maximum Gasteiger partial charge on any atom is 0.0489 e. The van der Waals surface area contributed by atoms with Crippen molar-refractivity contribution in [1.82, 2.24) is 4.57 Å². The fraction of sp³-hybridized carbons (Fsp3) is 0.0909. The van der Waals surface area contributed by atoms with Crippen LogP contribution in [0.1, 0.15) is 16.7 Å². The molecule has 0 saturated heterocycles. The predicted octanol–water partition coefficient (Wildman–Crippen LogP) is 5.81. The van der Waals surface area contributed by atoms with Gasteiger partial charge in [0.15, 0.2) is 0 Å². The first kappa shape index (κ1) is 13.8. The Labute approximate surface area is 136 Å². The minimum absolute atomic E-state index is 1.22. The zero-order valence-electron chi connectivity index (χ0n) is 13.5. The van der Waals surface area contributed by atoms with Crippen molar-refractivity contribution in [2.45, 2.75) is 6.92 Å². The average molecular weight is 297 g/mol. The van der Waals surface area contributed by atoms with Gasteiger partial charge in [0.05, 0.1) is 0 Å². The molecule has 0 unspecified atom stereocenters. The van der Waals surface area contributed by atoms with Gasteiger partial charge in [0.2, 0.25) is 0 Å². The molecule has 112 valence electrons. The summed E-state index contributed by atoms with van der Waals surface area (Å²) in [5.74, 6) is 0. The van der Waals surface area contributed by atoms with Gasteiger partial charge in [-0.2, -0.15) is 0 Å². The smallest absolute Gasteiger partial charge is 0.0489 e. The summed E-state index contributed by atoms with van der Waals surface area (Å²) in [5, 5.41) is 2.65. The highest BCUT2D eigenvalue weighted by atomic mass is 14.9. The van der Waals surface area contributed by atoms with Crippen LogP contribution in [0.4, 0.5) is 0 Å². The lowest BCUT2D eigenvalue weighted by Gasteiger charge is -1.99. The molecule has 0 bridgehead atoms. The van der Waals surface area contributed by atoms with Crippen LogP contribution in [0.2, 0.25) is 0 Å². The molecule has 1 aromatic heterocycles. The summed E-state index contributed by atoms with van der Waals surface area (Å²) >= 11 is 0. The quantitative estimate of drug-likeness (QED) is 0.411. The van der Waals surface area contributed by atoms with Crippen molar-refractivity contribution in [2.75, 3.05) is 0 Å². The Balaban J connectivity index is 1.85. The summed E-state index contributed by atoms with van der Waals surface area (Å²) in [4.78, 5) is 0. The summed E-state index contributed by atoms with van der Waals surface area (Å²) in [6.45, 7) is 2.15. The van der Waals surface area contributed by atoms with Crippen LogP contribution < -0.4 is 0 Å². The van der Waals surface area contributed by atoms with E-state index in [-0.39, 0.29) is 0 Å². The Kier molecular flexibility index (Phi) is 3.27. The van der Waals surface area contributed by atoms with Crippen LogP contribution in [0.15, 0.2) is 66.7 Å². The van der Waals surface area contributed by atoms with E-state index >= 15 is 0 Å². The average Bonchev–Trinajstić information content (AvgIpc) is 2.86. The number of fused-ring (bicyclic) bond motifs is 3. The predicted molar refractivity (Wildman–Crippen MR) is 101 cm³/mol. The van der Waals surface area contributed by atoms with Gasteiger partial charge in [-0.1, -0.05) is 60.2 Å². The third kappa shape index (κ3) is 2.44. The summed E-state index contributed by atoms with van der Waals surface area (Å²) in [5.41, 5.74) is 6.32. The minimum atomic E-state index is 1.22. The van der Waals surface area contributed by atoms with Crippen LogP contribution in [-0.4, -0.2) is 4.57 Å². The molecule has 0 radical (unpaired) electrons. The first-order chi connectivity index (χ1) is 11.2. The van der Waals surface area contributed by atoms with Crippen LogP contribution >= 0.6 is 0 Å². The number of nitrogens with zero attached hydrogens (tertiary/aromatic N) is 1. The number of benzene rings is 3. The number of aryl methyl sites for hydroxylation is 2. The van der Waals surface area contributed by atoms with Gasteiger partial charge in [-0.3, -0.25) is 0 Å². The molecule has 0 aliphatic carbocycles. The van der Waals surface area contributed by atoms with Crippen LogP contribution in [0.3, 0.4) is 0 Å². The van der Waals surface area contributed by atoms with E-state index in [1.54, 1.807) is 0 Å². The minimum Gasteiger partial charge on any atom is -0.344 e. The molecule has 3 aromatic carbocycles. The van der Waals surface area contributed by atoms with Crippen LogP contribution in [-0.2, 0) is 7.05 Å². The lowest BCUT2D eigenvalue weighted by atomic mass is 10.1. The van der Waals surface area contributed by atoms with E-state index in [2.05, 4.69) is 91.4 Å². The molecule has 4 aromatic rings. The summed E-state index contributed by atoms with van der Waals surface area (Å²) in [6, 6.07) is 23.8. The monoisotopic (exact) mass is 297 g/mol. The Morgan fingerprint density at radius 3 is 2.13 bits per heavy atom. The molecule has 0 saturated carbocycles. The van der Waals surface area contributed by atoms with Crippen molar-refractivity contribution in [1.29, 1.82) is 0 Å². The maximum atomic E-state index is 2.29. The third-order valence-electron chi connectivity index (χ3n) is 4.45. The molecule has 0 N–H and O–H groups in total. The second kappa shape index (κ2) is 5.44. The Hall–Kier alpha value is -2.80. The lowest BCUT2D eigenvalue weighted by Crippen LogP contribution is -1.86. The Morgan fingerprint density at radius 1 is 0.696 bits per heavy atom. The molecule has 23 heavy (non-hydrogen) atoms. The van der Waals surface area contributed by atoms with Crippen molar-refractivity contribution in [3.05, 3.63) is 83.4 Å². The van der Waals surface area contributed by atoms with Crippen molar-refractivity contribution >= 4 is 34.0 Å². The molecule has 0 aliphatic heterocycles. The van der Waals surface area contributed by atoms with Crippen LogP contribution in [0.25, 0.3) is 34.0 Å². The molecule has 1 heterocycles. The fourth-order valence-electron chi connectivity index (χ4n) is 3.21. The first-order valence-electron chi connectivity index (χ1n) is 7.94. The summed E-state index contributed by atoms with van der Waals surface area (Å²) in [7, 11) is 2.14. The molecular weight excluding hydrogens is 278 g/mol. The van der Waals surface area contributed by atoms with E-state index in [0.717, 1.165) is 0 Å². The molecule has 1 nitrogen and oxygen atoms in total. The number of aromatic nitrogens is 1. The van der Waals surface area contributed by atoms with Gasteiger partial charge in [-0.25, -0.2) is 0 Å². The zero-order chi connectivity index (χ0) is 15.8. The summed E-state index contributed by atoms with van der Waals surface area (Å²) < 4.78 is 2.27. The molecule has 0 atom stereocenters. The van der Waals surface area contributed by atoms with Crippen molar-refractivity contribution in [3.8, 4) is 0 Å². The zero-order valence-corrected chi connectivity index (χ0v) is 13.5. The van der Waals surface area contributed by atoms with Crippen LogP contribution in [0.5, 0.6) is 0 Å². The first-order valence-corrected chi connectivity index (χ1v) is 7.94. The van der Waals surface area contributed by atoms with Gasteiger partial charge in [-0.15, -0.1) is 0 Å². The molecule has 0 aliphatic rings. The fourth-order valence-corrected chi connectivity index (χ4v) is 3.21. The largest absolute Gasteiger partial charge is 0.344 e. The van der Waals surface area contributed by atoms with Gasteiger partial charge in [0.1, 0.15) is 0 Å².